The molecule has 0 bridgehead atoms. The van der Waals surface area contributed by atoms with Crippen LogP contribution < -0.4 is 9.47 Å². The largest absolute Gasteiger partial charge is 0.482 e. The normalized spacial score (nSPS) is 20.8. The minimum absolute atomic E-state index is 0.0168. The summed E-state index contributed by atoms with van der Waals surface area (Å²) in [6.07, 6.45) is 30.2. The van der Waals surface area contributed by atoms with Gasteiger partial charge in [0, 0.05) is 24.0 Å². The Morgan fingerprint density at radius 1 is 0.517 bits per heavy atom. The van der Waals surface area contributed by atoms with Crippen LogP contribution in [0.2, 0.25) is 0 Å². The Kier molecular flexibility index (Phi) is 16.5. The first-order valence-electron chi connectivity index (χ1n) is 20.5. The lowest BCUT2D eigenvalue weighted by atomic mass is 9.71. The van der Waals surface area contributed by atoms with Crippen LogP contribution >= 0.6 is 0 Å². The second-order valence-electron chi connectivity index (χ2n) is 17.0. The molecule has 2 aliphatic rings. The summed E-state index contributed by atoms with van der Waals surface area (Å²) in [4.78, 5) is 48.5. The van der Waals surface area contributed by atoms with Gasteiger partial charge in [0.15, 0.2) is 23.8 Å². The van der Waals surface area contributed by atoms with Crippen LogP contribution in [-0.2, 0) is 9.59 Å². The zero-order valence-corrected chi connectivity index (χ0v) is 36.9. The fourth-order valence-corrected chi connectivity index (χ4v) is 7.34. The zero-order valence-electron chi connectivity index (χ0n) is 36.9. The number of allylic oxidation sites excluding steroid dienone is 20. The number of ether oxygens (including phenoxy) is 2. The van der Waals surface area contributed by atoms with Crippen molar-refractivity contribution in [2.24, 2.45) is 10.8 Å². The van der Waals surface area contributed by atoms with E-state index in [4.69, 9.17) is 9.47 Å². The van der Waals surface area contributed by atoms with Gasteiger partial charge in [-0.15, -0.1) is 0 Å². The van der Waals surface area contributed by atoms with E-state index in [0.29, 0.717) is 46.6 Å². The van der Waals surface area contributed by atoms with Gasteiger partial charge in [0.2, 0.25) is 0 Å². The predicted molar refractivity (Wildman–Crippen MR) is 245 cm³/mol. The van der Waals surface area contributed by atoms with Crippen LogP contribution in [0.4, 0.5) is 0 Å². The van der Waals surface area contributed by atoms with Gasteiger partial charge in [-0.1, -0.05) is 135 Å². The molecule has 0 spiro atoms. The van der Waals surface area contributed by atoms with Crippen LogP contribution in [0, 0.1) is 10.8 Å². The molecule has 0 amide bonds. The molecule has 0 saturated carbocycles. The molecular formula is C54H60O6. The number of carbonyl (C=O) groups is 4. The lowest BCUT2D eigenvalue weighted by molar-refractivity contribution is -0.124. The fourth-order valence-electron chi connectivity index (χ4n) is 7.34. The van der Waals surface area contributed by atoms with Gasteiger partial charge in [-0.2, -0.15) is 0 Å². The van der Waals surface area contributed by atoms with E-state index in [2.05, 4.69) is 102 Å². The van der Waals surface area contributed by atoms with Gasteiger partial charge in [-0.05, 0) is 123 Å². The molecule has 2 aromatic carbocycles. The quantitative estimate of drug-likeness (QED) is 0.124. The minimum atomic E-state index is -0.573. The fraction of sp³-hybridized carbons (Fsp3) is 0.296. The summed E-state index contributed by atoms with van der Waals surface area (Å²) in [5, 5.41) is 0. The van der Waals surface area contributed by atoms with Crippen molar-refractivity contribution in [1.82, 2.24) is 0 Å². The third-order valence-corrected chi connectivity index (χ3v) is 10.9. The van der Waals surface area contributed by atoms with E-state index in [1.54, 1.807) is 48.5 Å². The summed E-state index contributed by atoms with van der Waals surface area (Å²) in [5.41, 5.74) is 8.40. The molecule has 6 heteroatoms. The molecule has 6 nitrogen and oxygen atoms in total. The van der Waals surface area contributed by atoms with Crippen molar-refractivity contribution < 1.29 is 28.7 Å². The molecule has 2 aliphatic carbocycles. The first-order chi connectivity index (χ1) is 28.4. The van der Waals surface area contributed by atoms with Gasteiger partial charge in [0.25, 0.3) is 0 Å². The molecule has 2 atom stereocenters. The molecule has 0 radical (unpaired) electrons. The predicted octanol–water partition coefficient (Wildman–Crippen LogP) is 12.7. The lowest BCUT2D eigenvalue weighted by Crippen LogP contribution is -2.39. The van der Waals surface area contributed by atoms with E-state index >= 15 is 0 Å². The maximum absolute atomic E-state index is 13.3. The highest BCUT2D eigenvalue weighted by molar-refractivity contribution is 6.01. The van der Waals surface area contributed by atoms with E-state index < -0.39 is 12.2 Å². The summed E-state index contributed by atoms with van der Waals surface area (Å²) in [7, 11) is 0. The number of rotatable bonds is 16. The number of hydrogen-bond acceptors (Lipinski definition) is 6. The first kappa shape index (κ1) is 46.5. The number of benzene rings is 2. The minimum Gasteiger partial charge on any atom is -0.482 e. The Morgan fingerprint density at radius 2 is 0.833 bits per heavy atom. The third kappa shape index (κ3) is 13.2. The number of hydrogen-bond donors (Lipinski definition) is 0. The highest BCUT2D eigenvalue weighted by Gasteiger charge is 2.40. The Balaban J connectivity index is 1.29. The van der Waals surface area contributed by atoms with E-state index in [-0.39, 0.29) is 22.4 Å². The van der Waals surface area contributed by atoms with Gasteiger partial charge in [-0.3, -0.25) is 19.2 Å². The SMILES string of the molecule is CC(C=CC=C(C)C=CC1=C(C)C(=O)C(Oc2ccc(C=O)cc2)CC1(C)C)=CC=CC=C(C)C=CC=C(C)C=CC1=C(C)C(=O)C(Oc2ccc(C=O)cc2)CC1(C)C. The summed E-state index contributed by atoms with van der Waals surface area (Å²) in [6.45, 7) is 20.5. The molecule has 0 aromatic heterocycles. The number of Topliss-reactive ketones (excluding diaryl/α,β-unsaturated/α-hetero) is 2. The molecule has 312 valence electrons. The van der Waals surface area contributed by atoms with Crippen molar-refractivity contribution in [2.45, 2.75) is 94.3 Å². The Morgan fingerprint density at radius 3 is 1.17 bits per heavy atom. The van der Waals surface area contributed by atoms with Crippen LogP contribution in [0.25, 0.3) is 0 Å². The van der Waals surface area contributed by atoms with E-state index in [9.17, 15) is 19.2 Å². The van der Waals surface area contributed by atoms with Gasteiger partial charge >= 0.3 is 0 Å². The van der Waals surface area contributed by atoms with Gasteiger partial charge in [-0.25, -0.2) is 0 Å². The highest BCUT2D eigenvalue weighted by Crippen LogP contribution is 2.42. The van der Waals surface area contributed by atoms with Gasteiger partial charge in [0.05, 0.1) is 0 Å². The second-order valence-corrected chi connectivity index (χ2v) is 17.0. The molecule has 2 unspecified atom stereocenters. The van der Waals surface area contributed by atoms with Crippen LogP contribution in [0.5, 0.6) is 11.5 Å². The topological polar surface area (TPSA) is 86.7 Å². The molecule has 4 rings (SSSR count). The maximum Gasteiger partial charge on any atom is 0.199 e. The van der Waals surface area contributed by atoms with Crippen molar-refractivity contribution in [3.05, 3.63) is 189 Å². The van der Waals surface area contributed by atoms with Crippen molar-refractivity contribution in [3.63, 3.8) is 0 Å². The molecule has 2 aromatic rings. The van der Waals surface area contributed by atoms with E-state index in [1.165, 1.54) is 0 Å². The summed E-state index contributed by atoms with van der Waals surface area (Å²) >= 11 is 0. The van der Waals surface area contributed by atoms with Crippen LogP contribution in [0.1, 0.15) is 103 Å². The van der Waals surface area contributed by atoms with Crippen molar-refractivity contribution in [1.29, 1.82) is 0 Å². The molecule has 0 aliphatic heterocycles. The Labute approximate surface area is 357 Å². The average molecular weight is 805 g/mol. The Hall–Kier alpha value is -6.14. The smallest absolute Gasteiger partial charge is 0.199 e. The number of aldehydes is 2. The molecule has 0 heterocycles. The van der Waals surface area contributed by atoms with Crippen LogP contribution in [-0.4, -0.2) is 36.3 Å². The molecule has 60 heavy (non-hydrogen) atoms. The van der Waals surface area contributed by atoms with Gasteiger partial charge in [0.1, 0.15) is 24.1 Å². The molecule has 0 fully saturated rings. The van der Waals surface area contributed by atoms with E-state index in [0.717, 1.165) is 46.0 Å². The number of carbonyl (C=O) groups excluding carboxylic acids is 4. The van der Waals surface area contributed by atoms with Crippen LogP contribution in [0.15, 0.2) is 178 Å². The lowest BCUT2D eigenvalue weighted by Gasteiger charge is -2.36. The standard InChI is InChI=1S/C54H60O6/c1-37(17-13-19-39(3)21-31-47-41(5)51(57)49(33-53(47,7)8)59-45-27-23-43(35-55)24-28-45)15-11-12-16-38(2)18-14-20-40(4)22-32-48-42(6)52(58)50(34-54(48,9)10)60-46-29-25-44(36-56)26-30-46/h11-32,35-36,49-50H,33-34H2,1-10H3. The third-order valence-electron chi connectivity index (χ3n) is 10.9. The summed E-state index contributed by atoms with van der Waals surface area (Å²) < 4.78 is 12.1. The van der Waals surface area contributed by atoms with Crippen molar-refractivity contribution >= 4 is 24.1 Å². The molecule has 0 saturated heterocycles. The summed E-state index contributed by atoms with van der Waals surface area (Å²) in [5.74, 6) is 1.12. The van der Waals surface area contributed by atoms with Crippen molar-refractivity contribution in [3.8, 4) is 11.5 Å². The van der Waals surface area contributed by atoms with E-state index in [1.807, 2.05) is 52.0 Å². The monoisotopic (exact) mass is 804 g/mol. The Bertz CT molecular complexity index is 2110. The van der Waals surface area contributed by atoms with Crippen LogP contribution in [0.3, 0.4) is 0 Å². The second kappa shape index (κ2) is 21.2. The maximum atomic E-state index is 13.3. The number of ketones is 2. The molecule has 0 N–H and O–H groups in total. The zero-order chi connectivity index (χ0) is 44.0. The highest BCUT2D eigenvalue weighted by atomic mass is 16.5. The van der Waals surface area contributed by atoms with Crippen molar-refractivity contribution in [2.75, 3.05) is 0 Å². The summed E-state index contributed by atoms with van der Waals surface area (Å²) in [6, 6.07) is 13.7. The molecular weight excluding hydrogens is 745 g/mol. The average Bonchev–Trinajstić information content (AvgIpc) is 3.20. The first-order valence-corrected chi connectivity index (χ1v) is 20.5. The van der Waals surface area contributed by atoms with Gasteiger partial charge < -0.3 is 9.47 Å².